The molecule has 3 N–H and O–H groups in total. The van der Waals surface area contributed by atoms with Crippen LogP contribution in [0.5, 0.6) is 5.75 Å². The molecule has 2 amide bonds. The van der Waals surface area contributed by atoms with Crippen molar-refractivity contribution in [1.29, 1.82) is 0 Å². The second-order valence-corrected chi connectivity index (χ2v) is 6.88. The van der Waals surface area contributed by atoms with Crippen molar-refractivity contribution in [2.24, 2.45) is 0 Å². The Bertz CT molecular complexity index is 1220. The molecule has 3 aromatic rings. The van der Waals surface area contributed by atoms with E-state index < -0.39 is 23.8 Å². The highest BCUT2D eigenvalue weighted by Crippen LogP contribution is 2.16. The van der Waals surface area contributed by atoms with Gasteiger partial charge in [0.05, 0.1) is 5.56 Å². The second-order valence-electron chi connectivity index (χ2n) is 6.88. The van der Waals surface area contributed by atoms with Crippen molar-refractivity contribution in [2.45, 2.75) is 6.92 Å². The standard InChI is InChI=1S/C25H20N2O6/c1-16(28)33-21-12-10-17(11-13-21)14-22(27-23(29)18-6-3-2-4-7-18)24(30)26-20-9-5-8-19(15-20)25(31)32/h2-15H,1H3,(H,26,30)(H,27,29)(H,31,32)/b22-14+. The fraction of sp³-hybridized carbons (Fsp3) is 0.0400. The molecule has 0 unspecified atom stereocenters. The minimum Gasteiger partial charge on any atom is -0.478 e. The van der Waals surface area contributed by atoms with Crippen LogP contribution in [0.2, 0.25) is 0 Å². The van der Waals surface area contributed by atoms with Crippen molar-refractivity contribution in [3.63, 3.8) is 0 Å². The monoisotopic (exact) mass is 444 g/mol. The zero-order valence-corrected chi connectivity index (χ0v) is 17.6. The number of carbonyl (C=O) groups excluding carboxylic acids is 3. The number of ether oxygens (including phenoxy) is 1. The fourth-order valence-electron chi connectivity index (χ4n) is 2.84. The summed E-state index contributed by atoms with van der Waals surface area (Å²) in [6, 6.07) is 20.5. The van der Waals surface area contributed by atoms with E-state index in [0.717, 1.165) is 0 Å². The molecule has 0 radical (unpaired) electrons. The first-order valence-corrected chi connectivity index (χ1v) is 9.83. The van der Waals surface area contributed by atoms with Crippen LogP contribution in [-0.4, -0.2) is 28.9 Å². The number of amides is 2. The molecule has 0 saturated carbocycles. The average Bonchev–Trinajstić information content (AvgIpc) is 2.80. The summed E-state index contributed by atoms with van der Waals surface area (Å²) >= 11 is 0. The molecule has 0 heterocycles. The van der Waals surface area contributed by atoms with Gasteiger partial charge in [-0.3, -0.25) is 14.4 Å². The Hall–Kier alpha value is -4.72. The van der Waals surface area contributed by atoms with E-state index in [2.05, 4.69) is 10.6 Å². The summed E-state index contributed by atoms with van der Waals surface area (Å²) in [5.41, 5.74) is 1.11. The lowest BCUT2D eigenvalue weighted by Gasteiger charge is -2.12. The van der Waals surface area contributed by atoms with Crippen LogP contribution in [0.1, 0.15) is 33.2 Å². The van der Waals surface area contributed by atoms with Crippen molar-refractivity contribution < 1.29 is 29.0 Å². The number of carbonyl (C=O) groups is 4. The maximum atomic E-state index is 13.0. The van der Waals surface area contributed by atoms with E-state index in [1.807, 2.05) is 0 Å². The minimum atomic E-state index is -1.13. The molecule has 8 heteroatoms. The van der Waals surface area contributed by atoms with E-state index in [4.69, 9.17) is 9.84 Å². The van der Waals surface area contributed by atoms with Crippen molar-refractivity contribution in [3.05, 3.63) is 101 Å². The SMILES string of the molecule is CC(=O)Oc1ccc(/C=C(/NC(=O)c2ccccc2)C(=O)Nc2cccc(C(=O)O)c2)cc1. The molecule has 166 valence electrons. The molecule has 0 fully saturated rings. The van der Waals surface area contributed by atoms with E-state index in [9.17, 15) is 19.2 Å². The van der Waals surface area contributed by atoms with Crippen molar-refractivity contribution >= 4 is 35.5 Å². The zero-order chi connectivity index (χ0) is 23.8. The highest BCUT2D eigenvalue weighted by Gasteiger charge is 2.16. The van der Waals surface area contributed by atoms with Crippen LogP contribution in [-0.2, 0) is 9.59 Å². The molecule has 0 aliphatic carbocycles. The van der Waals surface area contributed by atoms with Crippen LogP contribution < -0.4 is 15.4 Å². The van der Waals surface area contributed by atoms with Gasteiger partial charge in [-0.2, -0.15) is 0 Å². The molecule has 0 saturated heterocycles. The first-order valence-electron chi connectivity index (χ1n) is 9.83. The van der Waals surface area contributed by atoms with Gasteiger partial charge >= 0.3 is 11.9 Å². The number of esters is 1. The number of carboxylic acid groups (broad SMARTS) is 1. The number of rotatable bonds is 7. The van der Waals surface area contributed by atoms with Gasteiger partial charge in [-0.1, -0.05) is 36.4 Å². The van der Waals surface area contributed by atoms with Gasteiger partial charge in [0.15, 0.2) is 0 Å². The Labute approximate surface area is 189 Å². The zero-order valence-electron chi connectivity index (χ0n) is 17.6. The lowest BCUT2D eigenvalue weighted by atomic mass is 10.1. The first kappa shape index (κ1) is 23.0. The molecule has 0 spiro atoms. The number of aromatic carboxylic acids is 1. The van der Waals surface area contributed by atoms with Crippen LogP contribution in [0, 0.1) is 0 Å². The number of hydrogen-bond donors (Lipinski definition) is 3. The molecule has 0 aliphatic rings. The normalized spacial score (nSPS) is 10.8. The number of benzene rings is 3. The Morgan fingerprint density at radius 1 is 0.848 bits per heavy atom. The molecular weight excluding hydrogens is 424 g/mol. The van der Waals surface area contributed by atoms with Gasteiger partial charge in [0.1, 0.15) is 11.4 Å². The molecule has 33 heavy (non-hydrogen) atoms. The average molecular weight is 444 g/mol. The number of carboxylic acids is 1. The Morgan fingerprint density at radius 2 is 1.52 bits per heavy atom. The molecular formula is C25H20N2O6. The molecule has 8 nitrogen and oxygen atoms in total. The lowest BCUT2D eigenvalue weighted by molar-refractivity contribution is -0.131. The highest BCUT2D eigenvalue weighted by molar-refractivity contribution is 6.11. The van der Waals surface area contributed by atoms with Gasteiger partial charge in [0.25, 0.3) is 11.8 Å². The van der Waals surface area contributed by atoms with E-state index >= 15 is 0 Å². The second kappa shape index (κ2) is 10.5. The largest absolute Gasteiger partial charge is 0.478 e. The fourth-order valence-corrected chi connectivity index (χ4v) is 2.84. The molecule has 0 bridgehead atoms. The summed E-state index contributed by atoms with van der Waals surface area (Å²) in [4.78, 5) is 47.9. The maximum absolute atomic E-state index is 13.0. The van der Waals surface area contributed by atoms with Crippen LogP contribution >= 0.6 is 0 Å². The summed E-state index contributed by atoms with van der Waals surface area (Å²) in [5, 5.41) is 14.3. The van der Waals surface area contributed by atoms with Gasteiger partial charge in [0.2, 0.25) is 0 Å². The van der Waals surface area contributed by atoms with Crippen LogP contribution in [0.25, 0.3) is 6.08 Å². The molecule has 0 aromatic heterocycles. The smallest absolute Gasteiger partial charge is 0.335 e. The van der Waals surface area contributed by atoms with Crippen molar-refractivity contribution in [2.75, 3.05) is 5.32 Å². The third kappa shape index (κ3) is 6.63. The number of anilines is 1. The summed E-state index contributed by atoms with van der Waals surface area (Å²) in [6.07, 6.45) is 1.45. The predicted molar refractivity (Wildman–Crippen MR) is 122 cm³/mol. The molecule has 3 rings (SSSR count). The van der Waals surface area contributed by atoms with E-state index in [0.29, 0.717) is 16.9 Å². The van der Waals surface area contributed by atoms with Crippen LogP contribution in [0.15, 0.2) is 84.6 Å². The maximum Gasteiger partial charge on any atom is 0.335 e. The van der Waals surface area contributed by atoms with E-state index in [-0.39, 0.29) is 16.9 Å². The third-order valence-corrected chi connectivity index (χ3v) is 4.35. The molecule has 3 aromatic carbocycles. The molecule has 0 atom stereocenters. The van der Waals surface area contributed by atoms with Crippen LogP contribution in [0.4, 0.5) is 5.69 Å². The minimum absolute atomic E-state index is 0.00714. The topological polar surface area (TPSA) is 122 Å². The van der Waals surface area contributed by atoms with Crippen LogP contribution in [0.3, 0.4) is 0 Å². The van der Waals surface area contributed by atoms with Gasteiger partial charge in [-0.05, 0) is 54.1 Å². The van der Waals surface area contributed by atoms with Gasteiger partial charge in [-0.25, -0.2) is 4.79 Å². The summed E-state index contributed by atoms with van der Waals surface area (Å²) in [7, 11) is 0. The Kier molecular flexibility index (Phi) is 7.33. The van der Waals surface area contributed by atoms with E-state index in [1.165, 1.54) is 37.3 Å². The van der Waals surface area contributed by atoms with Gasteiger partial charge in [-0.15, -0.1) is 0 Å². The third-order valence-electron chi connectivity index (χ3n) is 4.35. The predicted octanol–water partition coefficient (Wildman–Crippen LogP) is 3.72. The lowest BCUT2D eigenvalue weighted by Crippen LogP contribution is -2.30. The van der Waals surface area contributed by atoms with Crippen molar-refractivity contribution in [1.82, 2.24) is 5.32 Å². The highest BCUT2D eigenvalue weighted by atomic mass is 16.5. The quantitative estimate of drug-likeness (QED) is 0.290. The van der Waals surface area contributed by atoms with Gasteiger partial charge in [0, 0.05) is 18.2 Å². The molecule has 0 aliphatic heterocycles. The summed E-state index contributed by atoms with van der Waals surface area (Å²) in [6.45, 7) is 1.29. The first-order chi connectivity index (χ1) is 15.8. The Morgan fingerprint density at radius 3 is 2.15 bits per heavy atom. The number of nitrogens with one attached hydrogen (secondary N) is 2. The van der Waals surface area contributed by atoms with E-state index in [1.54, 1.807) is 54.6 Å². The Balaban J connectivity index is 1.88. The summed E-state index contributed by atoms with van der Waals surface area (Å²) in [5.74, 6) is -2.40. The summed E-state index contributed by atoms with van der Waals surface area (Å²) < 4.78 is 5.00. The van der Waals surface area contributed by atoms with Crippen molar-refractivity contribution in [3.8, 4) is 5.75 Å². The number of hydrogen-bond acceptors (Lipinski definition) is 5. The van der Waals surface area contributed by atoms with Gasteiger partial charge < -0.3 is 20.5 Å².